The third-order valence-electron chi connectivity index (χ3n) is 7.39. The second-order valence-electron chi connectivity index (χ2n) is 9.89. The number of halogens is 2. The van der Waals surface area contributed by atoms with E-state index in [-0.39, 0.29) is 18.4 Å². The minimum atomic E-state index is -0.687. The van der Waals surface area contributed by atoms with Crippen LogP contribution in [0.5, 0.6) is 0 Å². The van der Waals surface area contributed by atoms with Crippen LogP contribution in [0.1, 0.15) is 58.1 Å². The van der Waals surface area contributed by atoms with Crippen molar-refractivity contribution < 1.29 is 9.90 Å². The maximum Gasteiger partial charge on any atom is 0.303 e. The van der Waals surface area contributed by atoms with Crippen molar-refractivity contribution in [3.8, 4) is 0 Å². The Morgan fingerprint density at radius 2 is 2.06 bits per heavy atom. The van der Waals surface area contributed by atoms with Crippen molar-refractivity contribution in [3.05, 3.63) is 46.2 Å². The van der Waals surface area contributed by atoms with Gasteiger partial charge in [-0.05, 0) is 69.2 Å². The average molecular weight is 525 g/mol. The van der Waals surface area contributed by atoms with Gasteiger partial charge < -0.3 is 10.0 Å². The first-order valence-electron chi connectivity index (χ1n) is 12.5. The van der Waals surface area contributed by atoms with Gasteiger partial charge >= 0.3 is 5.97 Å². The molecule has 1 aromatic rings. The Morgan fingerprint density at radius 1 is 1.31 bits per heavy atom. The van der Waals surface area contributed by atoms with Crippen molar-refractivity contribution in [2.24, 2.45) is 16.8 Å². The molecule has 4 unspecified atom stereocenters. The quantitative estimate of drug-likeness (QED) is 0.274. The van der Waals surface area contributed by atoms with Gasteiger partial charge in [-0.15, -0.1) is 0 Å². The number of hydrogen-bond donors (Lipinski definition) is 2. The van der Waals surface area contributed by atoms with Crippen LogP contribution in [0.15, 0.2) is 35.6 Å². The summed E-state index contributed by atoms with van der Waals surface area (Å²) >= 11 is 12.5. The highest BCUT2D eigenvalue weighted by molar-refractivity contribution is 6.35. The summed E-state index contributed by atoms with van der Waals surface area (Å²) < 4.78 is 0. The largest absolute Gasteiger partial charge is 0.481 e. The number of likely N-dealkylation sites (tertiary alicyclic amines) is 2. The molecule has 194 valence electrons. The van der Waals surface area contributed by atoms with Crippen molar-refractivity contribution in [2.45, 2.75) is 58.5 Å². The third kappa shape index (κ3) is 7.13. The molecule has 2 aliphatic rings. The number of carboxylic acid groups (broad SMARTS) is 1. The second kappa shape index (κ2) is 12.4. The number of nitrogens with zero attached hydrogens (tertiary/aromatic N) is 4. The van der Waals surface area contributed by atoms with Crippen molar-refractivity contribution in [2.75, 3.05) is 33.2 Å². The molecule has 4 atom stereocenters. The van der Waals surface area contributed by atoms with Crippen LogP contribution in [0, 0.1) is 11.8 Å². The number of nitrogens with one attached hydrogen (secondary N) is 1. The maximum atomic E-state index is 11.2. The lowest BCUT2D eigenvalue weighted by molar-refractivity contribution is -0.138. The van der Waals surface area contributed by atoms with E-state index in [0.717, 1.165) is 62.7 Å². The molecule has 1 aromatic carbocycles. The van der Waals surface area contributed by atoms with Crippen LogP contribution in [0.4, 0.5) is 0 Å². The Labute approximate surface area is 219 Å². The summed E-state index contributed by atoms with van der Waals surface area (Å²) in [6.07, 6.45) is 3.40. The lowest BCUT2D eigenvalue weighted by Gasteiger charge is -2.46. The van der Waals surface area contributed by atoms with Gasteiger partial charge in [-0.2, -0.15) is 0 Å². The maximum absolute atomic E-state index is 11.2. The molecule has 7 nitrogen and oxygen atoms in total. The number of amidine groups is 1. The number of aliphatic imine (C=N–C) groups is 1. The zero-order valence-electron chi connectivity index (χ0n) is 21.3. The molecule has 0 amide bonds. The molecule has 2 heterocycles. The topological polar surface area (TPSA) is 71.4 Å². The van der Waals surface area contributed by atoms with Crippen LogP contribution >= 0.6 is 23.2 Å². The summed E-state index contributed by atoms with van der Waals surface area (Å²) in [6, 6.07) is 5.96. The van der Waals surface area contributed by atoms with Crippen LogP contribution in [-0.4, -0.2) is 71.0 Å². The first kappa shape index (κ1) is 27.8. The van der Waals surface area contributed by atoms with Gasteiger partial charge in [-0.3, -0.25) is 14.7 Å². The van der Waals surface area contributed by atoms with Crippen molar-refractivity contribution in [3.63, 3.8) is 0 Å². The first-order valence-corrected chi connectivity index (χ1v) is 13.2. The first-order chi connectivity index (χ1) is 16.6. The molecule has 0 spiro atoms. The van der Waals surface area contributed by atoms with E-state index in [9.17, 15) is 9.90 Å². The van der Waals surface area contributed by atoms with Gasteiger partial charge in [0.25, 0.3) is 0 Å². The van der Waals surface area contributed by atoms with Gasteiger partial charge in [0.05, 0.1) is 6.04 Å². The van der Waals surface area contributed by atoms with Crippen molar-refractivity contribution in [1.82, 2.24) is 20.2 Å². The number of aliphatic carboxylic acids is 1. The highest BCUT2D eigenvalue weighted by Crippen LogP contribution is 2.31. The molecule has 2 saturated heterocycles. The fourth-order valence-electron chi connectivity index (χ4n) is 5.65. The number of piperidine rings is 2. The Morgan fingerprint density at radius 3 is 2.69 bits per heavy atom. The van der Waals surface area contributed by atoms with Gasteiger partial charge in [0, 0.05) is 49.2 Å². The number of rotatable bonds is 8. The van der Waals surface area contributed by atoms with Crippen molar-refractivity contribution >= 4 is 35.0 Å². The summed E-state index contributed by atoms with van der Waals surface area (Å²) in [6.45, 7) is 14.3. The Balaban J connectivity index is 1.62. The van der Waals surface area contributed by atoms with Gasteiger partial charge in [0.1, 0.15) is 11.7 Å². The summed E-state index contributed by atoms with van der Waals surface area (Å²) in [5.41, 5.74) is 4.19. The molecule has 0 aromatic heterocycles. The Hall–Kier alpha value is -1.80. The lowest BCUT2D eigenvalue weighted by Crippen LogP contribution is -2.52. The van der Waals surface area contributed by atoms with Crippen LogP contribution in [0.25, 0.3) is 0 Å². The number of carboxylic acids is 1. The van der Waals surface area contributed by atoms with Gasteiger partial charge in [-0.25, -0.2) is 10.4 Å². The van der Waals surface area contributed by atoms with Crippen LogP contribution in [0.3, 0.4) is 0 Å². The molecule has 3 rings (SSSR count). The molecule has 2 aliphatic heterocycles. The monoisotopic (exact) mass is 523 g/mol. The zero-order chi connectivity index (χ0) is 25.7. The fourth-order valence-corrected chi connectivity index (χ4v) is 6.22. The molecule has 2 N–H and O–H groups in total. The minimum Gasteiger partial charge on any atom is -0.481 e. The smallest absolute Gasteiger partial charge is 0.303 e. The minimum absolute atomic E-state index is 0.0520. The number of hydrogen-bond acceptors (Lipinski definition) is 5. The predicted octanol–water partition coefficient (Wildman–Crippen LogP) is 5.28. The number of benzene rings is 1. The van der Waals surface area contributed by atoms with Crippen LogP contribution in [-0.2, 0) is 4.79 Å². The van der Waals surface area contributed by atoms with Gasteiger partial charge in [-0.1, -0.05) is 42.8 Å². The number of carbonyl (C=O) groups is 1. The summed E-state index contributed by atoms with van der Waals surface area (Å²) in [5.74, 6) is 1.58. The SMILES string of the molecule is C=C(/N=C(\C)N(NC)C(C)c1ccc(Cl)cc1Cl)N1CCC(N2CCCC(CC(=O)O)C2)C(C)C1. The van der Waals surface area contributed by atoms with Crippen LogP contribution < -0.4 is 5.43 Å². The summed E-state index contributed by atoms with van der Waals surface area (Å²) in [5, 5.41) is 12.4. The summed E-state index contributed by atoms with van der Waals surface area (Å²) in [7, 11) is 1.87. The molecule has 0 radical (unpaired) electrons. The normalized spacial score (nSPS) is 24.8. The number of hydrazine groups is 1. The highest BCUT2D eigenvalue weighted by Gasteiger charge is 2.34. The molecular formula is C26H39Cl2N5O2. The van der Waals surface area contributed by atoms with E-state index >= 15 is 0 Å². The lowest BCUT2D eigenvalue weighted by atomic mass is 9.87. The predicted molar refractivity (Wildman–Crippen MR) is 144 cm³/mol. The van der Waals surface area contributed by atoms with E-state index in [1.165, 1.54) is 0 Å². The molecule has 0 bridgehead atoms. The Bertz CT molecular complexity index is 940. The van der Waals surface area contributed by atoms with E-state index < -0.39 is 5.97 Å². The molecule has 35 heavy (non-hydrogen) atoms. The standard InChI is InChI=1S/C26H39Cl2N5O2/c1-17-15-31(12-10-25(17)32-11-6-7-21(16-32)13-26(34)35)19(3)30-20(4)33(29-5)18(2)23-9-8-22(27)14-24(23)28/h8-9,14,17-18,21,25,29H,3,6-7,10-13,15-16H2,1-2,4-5H3,(H,34,35)/b30-20+. The fraction of sp³-hybridized carbons (Fsp3) is 0.615. The van der Waals surface area contributed by atoms with Crippen molar-refractivity contribution in [1.29, 1.82) is 0 Å². The molecular weight excluding hydrogens is 485 g/mol. The van der Waals surface area contributed by atoms with Gasteiger partial charge in [0.2, 0.25) is 0 Å². The molecule has 0 aliphatic carbocycles. The van der Waals surface area contributed by atoms with E-state index in [2.05, 4.69) is 35.7 Å². The average Bonchev–Trinajstić information content (AvgIpc) is 2.79. The van der Waals surface area contributed by atoms with E-state index in [1.54, 1.807) is 6.07 Å². The van der Waals surface area contributed by atoms with E-state index in [1.807, 2.05) is 31.1 Å². The van der Waals surface area contributed by atoms with E-state index in [0.29, 0.717) is 22.0 Å². The summed E-state index contributed by atoms with van der Waals surface area (Å²) in [4.78, 5) is 20.8. The highest BCUT2D eigenvalue weighted by atomic mass is 35.5. The zero-order valence-corrected chi connectivity index (χ0v) is 22.8. The van der Waals surface area contributed by atoms with E-state index in [4.69, 9.17) is 28.2 Å². The van der Waals surface area contributed by atoms with Crippen LogP contribution in [0.2, 0.25) is 10.0 Å². The molecule has 9 heteroatoms. The second-order valence-corrected chi connectivity index (χ2v) is 10.7. The molecule has 0 saturated carbocycles. The molecule has 2 fully saturated rings. The Kier molecular flexibility index (Phi) is 9.87. The van der Waals surface area contributed by atoms with Gasteiger partial charge in [0.15, 0.2) is 0 Å². The third-order valence-corrected chi connectivity index (χ3v) is 7.95.